The molecule has 0 saturated heterocycles. The van der Waals surface area contributed by atoms with Crippen molar-refractivity contribution in [2.75, 3.05) is 25.1 Å². The van der Waals surface area contributed by atoms with Gasteiger partial charge in [0.2, 0.25) is 0 Å². The van der Waals surface area contributed by atoms with Gasteiger partial charge in [-0.1, -0.05) is 44.2 Å². The van der Waals surface area contributed by atoms with Crippen molar-refractivity contribution in [2.24, 2.45) is 4.99 Å². The van der Waals surface area contributed by atoms with Gasteiger partial charge in [0, 0.05) is 30.4 Å². The Morgan fingerprint density at radius 1 is 1.10 bits per heavy atom. The zero-order valence-electron chi connectivity index (χ0n) is 19.4. The van der Waals surface area contributed by atoms with Crippen molar-refractivity contribution in [3.63, 3.8) is 0 Å². The fourth-order valence-corrected chi connectivity index (χ4v) is 4.04. The summed E-state index contributed by atoms with van der Waals surface area (Å²) >= 11 is 0. The Bertz CT molecular complexity index is 722. The second-order valence-electron chi connectivity index (χ2n) is 7.92. The molecule has 0 saturated carbocycles. The molecule has 0 radical (unpaired) electrons. The number of rotatable bonds is 12. The molecule has 0 fully saturated rings. The van der Waals surface area contributed by atoms with Crippen molar-refractivity contribution in [2.45, 2.75) is 71.5 Å². The fourth-order valence-electron chi connectivity index (χ4n) is 3.25. The monoisotopic (exact) mass is 552 g/mol. The first-order valence-electron chi connectivity index (χ1n) is 10.7. The van der Waals surface area contributed by atoms with Crippen molar-refractivity contribution >= 4 is 39.8 Å². The van der Waals surface area contributed by atoms with Crippen LogP contribution in [0.2, 0.25) is 0 Å². The van der Waals surface area contributed by atoms with Crippen LogP contribution in [0.4, 0.5) is 0 Å². The van der Waals surface area contributed by atoms with E-state index in [2.05, 4.69) is 61.0 Å². The highest BCUT2D eigenvalue weighted by Crippen LogP contribution is 2.22. The largest absolute Gasteiger partial charge is 0.357 e. The van der Waals surface area contributed by atoms with Gasteiger partial charge in [0.1, 0.15) is 9.84 Å². The lowest BCUT2D eigenvalue weighted by molar-refractivity contribution is 0.280. The van der Waals surface area contributed by atoms with Gasteiger partial charge in [0.25, 0.3) is 0 Å². The summed E-state index contributed by atoms with van der Waals surface area (Å²) in [5, 5.41) is 10.4. The topological polar surface area (TPSA) is 82.6 Å². The average molecular weight is 553 g/mol. The number of aliphatic imine (C=N–C) groups is 1. The molecule has 0 heterocycles. The summed E-state index contributed by atoms with van der Waals surface area (Å²) in [6.45, 7) is 12.0. The molecule has 3 N–H and O–H groups in total. The number of hydrogen-bond donors (Lipinski definition) is 3. The van der Waals surface area contributed by atoms with Crippen LogP contribution in [0.15, 0.2) is 35.3 Å². The molecule has 1 aromatic carbocycles. The van der Waals surface area contributed by atoms with E-state index in [1.807, 2.05) is 19.9 Å². The van der Waals surface area contributed by atoms with E-state index in [-0.39, 0.29) is 47.4 Å². The third-order valence-corrected chi connectivity index (χ3v) is 6.34. The molecule has 0 aliphatic carbocycles. The van der Waals surface area contributed by atoms with Crippen LogP contribution < -0.4 is 16.0 Å². The smallest absolute Gasteiger partial charge is 0.191 e. The molecule has 2 atom stereocenters. The van der Waals surface area contributed by atoms with E-state index in [0.29, 0.717) is 13.0 Å². The molecule has 0 bridgehead atoms. The highest BCUT2D eigenvalue weighted by molar-refractivity contribution is 14.0. The van der Waals surface area contributed by atoms with Gasteiger partial charge in [0.15, 0.2) is 5.96 Å². The fraction of sp³-hybridized carbons (Fsp3) is 0.682. The predicted molar refractivity (Wildman–Crippen MR) is 140 cm³/mol. The second-order valence-corrected chi connectivity index (χ2v) is 10.2. The van der Waals surface area contributed by atoms with Crippen molar-refractivity contribution in [3.05, 3.63) is 35.9 Å². The van der Waals surface area contributed by atoms with E-state index >= 15 is 0 Å². The highest BCUT2D eigenvalue weighted by Gasteiger charge is 2.28. The number of halogens is 1. The maximum Gasteiger partial charge on any atom is 0.191 e. The summed E-state index contributed by atoms with van der Waals surface area (Å²) in [6.07, 6.45) is 3.76. The van der Waals surface area contributed by atoms with Crippen LogP contribution in [-0.2, 0) is 9.84 Å². The second kappa shape index (κ2) is 14.2. The zero-order chi connectivity index (χ0) is 21.9. The predicted octanol–water partition coefficient (Wildman–Crippen LogP) is 3.89. The molecule has 0 aromatic heterocycles. The molecule has 6 nitrogen and oxygen atoms in total. The van der Waals surface area contributed by atoms with Gasteiger partial charge in [-0.05, 0) is 45.6 Å². The molecular weight excluding hydrogens is 511 g/mol. The van der Waals surface area contributed by atoms with Crippen LogP contribution >= 0.6 is 24.0 Å². The summed E-state index contributed by atoms with van der Waals surface area (Å²) < 4.78 is 22.8. The van der Waals surface area contributed by atoms with Crippen LogP contribution in [0.1, 0.15) is 65.5 Å². The molecule has 8 heteroatoms. The van der Waals surface area contributed by atoms with Crippen molar-refractivity contribution in [1.29, 1.82) is 0 Å². The summed E-state index contributed by atoms with van der Waals surface area (Å²) in [6, 6.07) is 10.7. The third-order valence-electron chi connectivity index (χ3n) is 5.36. The Labute approximate surface area is 201 Å². The Hall–Kier alpha value is -0.870. The zero-order valence-corrected chi connectivity index (χ0v) is 22.5. The minimum absolute atomic E-state index is 0. The van der Waals surface area contributed by atoms with Gasteiger partial charge in [-0.15, -0.1) is 24.0 Å². The van der Waals surface area contributed by atoms with Crippen molar-refractivity contribution < 1.29 is 8.42 Å². The van der Waals surface area contributed by atoms with Gasteiger partial charge < -0.3 is 16.0 Å². The first kappa shape index (κ1) is 29.1. The molecule has 174 valence electrons. The van der Waals surface area contributed by atoms with Gasteiger partial charge in [-0.2, -0.15) is 0 Å². The molecule has 0 aliphatic heterocycles. The van der Waals surface area contributed by atoms with Crippen LogP contribution in [0.25, 0.3) is 0 Å². The van der Waals surface area contributed by atoms with E-state index < -0.39 is 9.84 Å². The first-order valence-corrected chi connectivity index (χ1v) is 12.8. The lowest BCUT2D eigenvalue weighted by atomic mass is 9.91. The SMILES string of the molecule is CCNC(=NCC(CC)(CC)NC(C)c1ccccc1)NC(C)CCS(C)(=O)=O.I. The average Bonchev–Trinajstić information content (AvgIpc) is 2.69. The van der Waals surface area contributed by atoms with Crippen molar-refractivity contribution in [1.82, 2.24) is 16.0 Å². The maximum absolute atomic E-state index is 11.4. The van der Waals surface area contributed by atoms with E-state index in [1.165, 1.54) is 11.8 Å². The highest BCUT2D eigenvalue weighted by atomic mass is 127. The van der Waals surface area contributed by atoms with Gasteiger partial charge in [-0.25, -0.2) is 8.42 Å². The maximum atomic E-state index is 11.4. The molecule has 1 aromatic rings. The Kier molecular flexibility index (Phi) is 13.8. The van der Waals surface area contributed by atoms with Crippen LogP contribution in [-0.4, -0.2) is 51.1 Å². The standard InChI is InChI=1S/C22H40N4O2S.HI/c1-7-22(8-2,26-19(5)20-13-11-10-12-14-20)17-24-21(23-9-3)25-18(4)15-16-29(6,27)28;/h10-14,18-19,26H,7-9,15-17H2,1-6H3,(H2,23,24,25);1H. The Morgan fingerprint density at radius 3 is 2.20 bits per heavy atom. The van der Waals surface area contributed by atoms with Crippen LogP contribution in [0.3, 0.4) is 0 Å². The van der Waals surface area contributed by atoms with Gasteiger partial charge >= 0.3 is 0 Å². The van der Waals surface area contributed by atoms with Gasteiger partial charge in [-0.3, -0.25) is 4.99 Å². The molecule has 0 amide bonds. The summed E-state index contributed by atoms with van der Waals surface area (Å²) in [4.78, 5) is 4.84. The molecule has 0 spiro atoms. The van der Waals surface area contributed by atoms with Crippen molar-refractivity contribution in [3.8, 4) is 0 Å². The van der Waals surface area contributed by atoms with Crippen LogP contribution in [0, 0.1) is 0 Å². The van der Waals surface area contributed by atoms with E-state index in [0.717, 1.165) is 25.3 Å². The Balaban J connectivity index is 0.00000841. The molecule has 2 unspecified atom stereocenters. The summed E-state index contributed by atoms with van der Waals surface area (Å²) in [5.74, 6) is 0.902. The third kappa shape index (κ3) is 10.9. The van der Waals surface area contributed by atoms with E-state index in [4.69, 9.17) is 4.99 Å². The minimum Gasteiger partial charge on any atom is -0.357 e. The molecule has 1 rings (SSSR count). The molecule has 30 heavy (non-hydrogen) atoms. The minimum atomic E-state index is -2.96. The molecular formula is C22H41IN4O2S. The number of sulfone groups is 1. The lowest BCUT2D eigenvalue weighted by Crippen LogP contribution is -2.50. The number of hydrogen-bond acceptors (Lipinski definition) is 4. The van der Waals surface area contributed by atoms with E-state index in [9.17, 15) is 8.42 Å². The number of guanidine groups is 1. The van der Waals surface area contributed by atoms with E-state index in [1.54, 1.807) is 0 Å². The summed E-state index contributed by atoms with van der Waals surface area (Å²) in [5.41, 5.74) is 1.16. The normalized spacial score (nSPS) is 14.5. The summed E-state index contributed by atoms with van der Waals surface area (Å²) in [7, 11) is -2.96. The lowest BCUT2D eigenvalue weighted by Gasteiger charge is -2.35. The number of benzene rings is 1. The Morgan fingerprint density at radius 2 is 1.70 bits per heavy atom. The van der Waals surface area contributed by atoms with Gasteiger partial charge in [0.05, 0.1) is 12.3 Å². The molecule has 0 aliphatic rings. The van der Waals surface area contributed by atoms with Crippen LogP contribution in [0.5, 0.6) is 0 Å². The number of nitrogens with one attached hydrogen (secondary N) is 3. The quantitative estimate of drug-likeness (QED) is 0.208. The number of nitrogens with zero attached hydrogens (tertiary/aromatic N) is 1. The first-order chi connectivity index (χ1) is 13.6.